The van der Waals surface area contributed by atoms with Crippen molar-refractivity contribution in [1.29, 1.82) is 0 Å². The van der Waals surface area contributed by atoms with Gasteiger partial charge in [0.15, 0.2) is 6.61 Å². The summed E-state index contributed by atoms with van der Waals surface area (Å²) in [6, 6.07) is 9.69. The fourth-order valence-corrected chi connectivity index (χ4v) is 4.10. The van der Waals surface area contributed by atoms with Crippen LogP contribution in [0, 0.1) is 19.8 Å². The van der Waals surface area contributed by atoms with E-state index < -0.39 is 0 Å². The molecule has 1 aliphatic rings. The van der Waals surface area contributed by atoms with Crippen molar-refractivity contribution in [3.63, 3.8) is 0 Å². The lowest BCUT2D eigenvalue weighted by Gasteiger charge is -2.26. The third kappa shape index (κ3) is 5.29. The van der Waals surface area contributed by atoms with Crippen molar-refractivity contribution in [1.82, 2.24) is 20.5 Å². The van der Waals surface area contributed by atoms with E-state index in [-0.39, 0.29) is 18.4 Å². The van der Waals surface area contributed by atoms with Crippen molar-refractivity contribution in [3.05, 3.63) is 59.7 Å². The summed E-state index contributed by atoms with van der Waals surface area (Å²) in [5, 5.41) is 11.5. The fraction of sp³-hybridized carbons (Fsp3) is 0.417. The van der Waals surface area contributed by atoms with Crippen LogP contribution in [0.4, 0.5) is 0 Å². The van der Waals surface area contributed by atoms with Crippen molar-refractivity contribution in [2.45, 2.75) is 45.4 Å². The smallest absolute Gasteiger partial charge is 0.257 e. The van der Waals surface area contributed by atoms with Gasteiger partial charge in [0, 0.05) is 30.4 Å². The van der Waals surface area contributed by atoms with Gasteiger partial charge in [-0.3, -0.25) is 9.78 Å². The highest BCUT2D eigenvalue weighted by atomic mass is 16.5. The van der Waals surface area contributed by atoms with Crippen LogP contribution in [-0.2, 0) is 4.79 Å². The maximum Gasteiger partial charge on any atom is 0.257 e. The van der Waals surface area contributed by atoms with E-state index in [4.69, 9.17) is 9.15 Å². The average molecular weight is 421 g/mol. The number of rotatable bonds is 7. The number of benzene rings is 1. The molecule has 1 N–H and O–H groups in total. The van der Waals surface area contributed by atoms with E-state index in [1.807, 2.05) is 44.2 Å². The molecule has 0 atom stereocenters. The zero-order chi connectivity index (χ0) is 21.6. The number of amides is 1. The number of hydrogen-bond acceptors (Lipinski definition) is 6. The molecule has 1 fully saturated rings. The van der Waals surface area contributed by atoms with Gasteiger partial charge in [0.2, 0.25) is 11.8 Å². The molecule has 0 spiro atoms. The minimum absolute atomic E-state index is 0.0425. The Hall–Kier alpha value is -3.22. The topological polar surface area (TPSA) is 90.1 Å². The molecule has 0 unspecified atom stereocenters. The van der Waals surface area contributed by atoms with Gasteiger partial charge in [0.1, 0.15) is 5.75 Å². The lowest BCUT2D eigenvalue weighted by Crippen LogP contribution is -2.34. The highest BCUT2D eigenvalue weighted by Crippen LogP contribution is 2.35. The molecule has 1 aliphatic carbocycles. The Bertz CT molecular complexity index is 990. The summed E-state index contributed by atoms with van der Waals surface area (Å²) in [4.78, 5) is 16.2. The Labute approximate surface area is 182 Å². The number of pyridine rings is 1. The number of hydrogen-bond donors (Lipinski definition) is 1. The second-order valence-electron chi connectivity index (χ2n) is 8.21. The standard InChI is InChI=1S/C24H28N4O3/c1-16-4-3-5-17(2)22(16)30-15-21(29)26-14-18-6-8-19(9-7-18)23-27-28-24(31-23)20-10-12-25-13-11-20/h3-5,10-13,18-19H,6-9,14-15H2,1-2H3,(H,26,29). The van der Waals surface area contributed by atoms with Crippen LogP contribution in [0.15, 0.2) is 47.1 Å². The van der Waals surface area contributed by atoms with Crippen molar-refractivity contribution < 1.29 is 13.9 Å². The first-order valence-electron chi connectivity index (χ1n) is 10.8. The summed E-state index contributed by atoms with van der Waals surface area (Å²) in [5.74, 6) is 2.70. The number of nitrogens with zero attached hydrogens (tertiary/aromatic N) is 3. The highest BCUT2D eigenvalue weighted by Gasteiger charge is 2.26. The molecule has 7 heteroatoms. The molecular weight excluding hydrogens is 392 g/mol. The number of para-hydroxylation sites is 1. The number of nitrogens with one attached hydrogen (secondary N) is 1. The van der Waals surface area contributed by atoms with Gasteiger partial charge in [-0.2, -0.15) is 0 Å². The van der Waals surface area contributed by atoms with Gasteiger partial charge in [0.25, 0.3) is 5.91 Å². The van der Waals surface area contributed by atoms with E-state index in [2.05, 4.69) is 20.5 Å². The van der Waals surface area contributed by atoms with Crippen molar-refractivity contribution >= 4 is 5.91 Å². The Kier molecular flexibility index (Phi) is 6.60. The molecule has 0 radical (unpaired) electrons. The van der Waals surface area contributed by atoms with E-state index in [0.29, 0.717) is 24.2 Å². The van der Waals surface area contributed by atoms with Gasteiger partial charge in [-0.1, -0.05) is 18.2 Å². The first-order valence-corrected chi connectivity index (χ1v) is 10.8. The van der Waals surface area contributed by atoms with E-state index in [0.717, 1.165) is 48.1 Å². The van der Waals surface area contributed by atoms with Gasteiger partial charge >= 0.3 is 0 Å². The van der Waals surface area contributed by atoms with Crippen molar-refractivity contribution in [2.24, 2.45) is 5.92 Å². The molecule has 0 saturated heterocycles. The molecule has 3 aromatic rings. The Morgan fingerprint density at radius 3 is 2.48 bits per heavy atom. The van der Waals surface area contributed by atoms with Crippen molar-refractivity contribution in [3.8, 4) is 17.2 Å². The van der Waals surface area contributed by atoms with Gasteiger partial charge in [-0.05, 0) is 68.7 Å². The zero-order valence-corrected chi connectivity index (χ0v) is 18.0. The number of carbonyl (C=O) groups is 1. The number of aryl methyl sites for hydroxylation is 2. The van der Waals surface area contributed by atoms with E-state index in [9.17, 15) is 4.79 Å². The Balaban J connectivity index is 1.21. The fourth-order valence-electron chi connectivity index (χ4n) is 4.10. The summed E-state index contributed by atoms with van der Waals surface area (Å²) in [5.41, 5.74) is 2.96. The first kappa shape index (κ1) is 21.0. The van der Waals surface area contributed by atoms with Crippen LogP contribution < -0.4 is 10.1 Å². The molecule has 162 valence electrons. The van der Waals surface area contributed by atoms with E-state index >= 15 is 0 Å². The highest BCUT2D eigenvalue weighted by molar-refractivity contribution is 5.77. The second-order valence-corrected chi connectivity index (χ2v) is 8.21. The lowest BCUT2D eigenvalue weighted by molar-refractivity contribution is -0.123. The van der Waals surface area contributed by atoms with Crippen LogP contribution in [0.5, 0.6) is 5.75 Å². The number of aromatic nitrogens is 3. The van der Waals surface area contributed by atoms with Gasteiger partial charge in [-0.15, -0.1) is 10.2 Å². The van der Waals surface area contributed by atoms with E-state index in [1.54, 1.807) is 12.4 Å². The van der Waals surface area contributed by atoms with Crippen LogP contribution in [-0.4, -0.2) is 34.2 Å². The summed E-state index contributed by atoms with van der Waals surface area (Å²) >= 11 is 0. The molecule has 2 heterocycles. The average Bonchev–Trinajstić information content (AvgIpc) is 3.29. The first-order chi connectivity index (χ1) is 15.1. The van der Waals surface area contributed by atoms with Crippen molar-refractivity contribution in [2.75, 3.05) is 13.2 Å². The predicted octanol–water partition coefficient (Wildman–Crippen LogP) is 4.22. The molecule has 0 aliphatic heterocycles. The minimum atomic E-state index is -0.0799. The summed E-state index contributed by atoms with van der Waals surface area (Å²) in [6.45, 7) is 4.69. The monoisotopic (exact) mass is 420 g/mol. The Morgan fingerprint density at radius 1 is 1.06 bits per heavy atom. The SMILES string of the molecule is Cc1cccc(C)c1OCC(=O)NCC1CCC(c2nnc(-c3ccncc3)o2)CC1. The minimum Gasteiger partial charge on any atom is -0.483 e. The molecule has 1 amide bonds. The van der Waals surface area contributed by atoms with Gasteiger partial charge < -0.3 is 14.5 Å². The van der Waals surface area contributed by atoms with Crippen LogP contribution in [0.3, 0.4) is 0 Å². The van der Waals surface area contributed by atoms with Crippen LogP contribution in [0.1, 0.15) is 48.6 Å². The predicted molar refractivity (Wildman–Crippen MR) is 117 cm³/mol. The van der Waals surface area contributed by atoms with Crippen LogP contribution in [0.2, 0.25) is 0 Å². The molecular formula is C24H28N4O3. The molecule has 4 rings (SSSR count). The third-order valence-corrected chi connectivity index (χ3v) is 5.91. The molecule has 31 heavy (non-hydrogen) atoms. The quantitative estimate of drug-likeness (QED) is 0.616. The normalized spacial score (nSPS) is 18.5. The Morgan fingerprint density at radius 2 is 1.77 bits per heavy atom. The third-order valence-electron chi connectivity index (χ3n) is 5.91. The molecule has 1 aromatic carbocycles. The molecule has 1 saturated carbocycles. The second kappa shape index (κ2) is 9.73. The van der Waals surface area contributed by atoms with Crippen LogP contribution >= 0.6 is 0 Å². The largest absolute Gasteiger partial charge is 0.483 e. The van der Waals surface area contributed by atoms with Gasteiger partial charge in [0.05, 0.1) is 0 Å². The molecule has 7 nitrogen and oxygen atoms in total. The summed E-state index contributed by atoms with van der Waals surface area (Å²) in [7, 11) is 0. The molecule has 0 bridgehead atoms. The lowest BCUT2D eigenvalue weighted by atomic mass is 9.82. The maximum atomic E-state index is 12.2. The molecule has 2 aromatic heterocycles. The summed E-state index contributed by atoms with van der Waals surface area (Å²) < 4.78 is 11.6. The van der Waals surface area contributed by atoms with E-state index in [1.165, 1.54) is 0 Å². The van der Waals surface area contributed by atoms with Crippen LogP contribution in [0.25, 0.3) is 11.5 Å². The van der Waals surface area contributed by atoms with Gasteiger partial charge in [-0.25, -0.2) is 0 Å². The maximum absolute atomic E-state index is 12.2. The number of ether oxygens (including phenoxy) is 1. The number of carbonyl (C=O) groups excluding carboxylic acids is 1. The summed E-state index contributed by atoms with van der Waals surface area (Å²) in [6.07, 6.45) is 7.44. The zero-order valence-electron chi connectivity index (χ0n) is 18.0.